The van der Waals surface area contributed by atoms with Crippen LogP contribution >= 0.6 is 23.1 Å². The minimum atomic E-state index is -0.410. The number of thioether (sulfide) groups is 1. The first kappa shape index (κ1) is 16.0. The quantitative estimate of drug-likeness (QED) is 0.713. The average Bonchev–Trinajstić information content (AvgIpc) is 3.09. The van der Waals surface area contributed by atoms with Gasteiger partial charge in [-0.3, -0.25) is 10.1 Å². The van der Waals surface area contributed by atoms with E-state index < -0.39 is 11.3 Å². The fourth-order valence-corrected chi connectivity index (χ4v) is 3.92. The Morgan fingerprint density at radius 3 is 2.67 bits per heavy atom. The van der Waals surface area contributed by atoms with Crippen LogP contribution in [-0.2, 0) is 4.79 Å². The van der Waals surface area contributed by atoms with Crippen LogP contribution < -0.4 is 16.0 Å². The van der Waals surface area contributed by atoms with E-state index in [1.54, 1.807) is 14.0 Å². The number of aromatic nitrogens is 2. The van der Waals surface area contributed by atoms with Gasteiger partial charge in [-0.2, -0.15) is 0 Å². The first-order valence-corrected chi connectivity index (χ1v) is 8.57. The largest absolute Gasteiger partial charge is 0.363 e. The predicted octanol–water partition coefficient (Wildman–Crippen LogP) is 1.83. The molecule has 1 saturated carbocycles. The van der Waals surface area contributed by atoms with Crippen LogP contribution in [0.1, 0.15) is 32.6 Å². The van der Waals surface area contributed by atoms with Gasteiger partial charge in [0.15, 0.2) is 4.34 Å². The summed E-state index contributed by atoms with van der Waals surface area (Å²) in [5.74, 6) is -0.322. The molecule has 0 aromatic carbocycles. The molecule has 7 nitrogen and oxygen atoms in total. The van der Waals surface area contributed by atoms with Gasteiger partial charge in [-0.1, -0.05) is 35.9 Å². The molecule has 0 spiro atoms. The Labute approximate surface area is 131 Å². The zero-order valence-corrected chi connectivity index (χ0v) is 13.6. The molecule has 1 atom stereocenters. The van der Waals surface area contributed by atoms with Gasteiger partial charge in [-0.05, 0) is 19.8 Å². The molecule has 1 aliphatic rings. The lowest BCUT2D eigenvalue weighted by Gasteiger charge is -2.14. The lowest BCUT2D eigenvalue weighted by atomic mass is 10.2. The Morgan fingerprint density at radius 1 is 1.33 bits per heavy atom. The summed E-state index contributed by atoms with van der Waals surface area (Å²) >= 11 is 2.66. The Morgan fingerprint density at radius 2 is 2.05 bits per heavy atom. The summed E-state index contributed by atoms with van der Waals surface area (Å²) in [6.07, 6.45) is 4.25. The second kappa shape index (κ2) is 7.60. The number of amides is 3. The molecule has 3 N–H and O–H groups in total. The first-order valence-electron chi connectivity index (χ1n) is 6.87. The lowest BCUT2D eigenvalue weighted by Crippen LogP contribution is -2.45. The molecular formula is C12H19N5O2S2. The Hall–Kier alpha value is -1.35. The zero-order chi connectivity index (χ0) is 15.2. The van der Waals surface area contributed by atoms with E-state index in [4.69, 9.17) is 0 Å². The van der Waals surface area contributed by atoms with Gasteiger partial charge in [0.05, 0.1) is 5.25 Å². The number of hydrogen-bond acceptors (Lipinski definition) is 7. The maximum Gasteiger partial charge on any atom is 0.321 e. The van der Waals surface area contributed by atoms with E-state index in [2.05, 4.69) is 26.1 Å². The van der Waals surface area contributed by atoms with E-state index in [1.165, 1.54) is 23.1 Å². The molecule has 1 heterocycles. The summed E-state index contributed by atoms with van der Waals surface area (Å²) in [4.78, 5) is 23.7. The van der Waals surface area contributed by atoms with Crippen LogP contribution in [0.25, 0.3) is 0 Å². The topological polar surface area (TPSA) is 96.0 Å². The number of nitrogens with one attached hydrogen (secondary N) is 3. The number of carbonyl (C=O) groups is 2. The molecule has 0 unspecified atom stereocenters. The van der Waals surface area contributed by atoms with Gasteiger partial charge in [-0.25, -0.2) is 4.79 Å². The van der Waals surface area contributed by atoms with Crippen molar-refractivity contribution in [3.05, 3.63) is 0 Å². The third kappa shape index (κ3) is 4.85. The van der Waals surface area contributed by atoms with Crippen molar-refractivity contribution in [2.45, 2.75) is 48.2 Å². The van der Waals surface area contributed by atoms with Gasteiger partial charge in [0.1, 0.15) is 0 Å². The van der Waals surface area contributed by atoms with Crippen molar-refractivity contribution >= 4 is 40.2 Å². The summed E-state index contributed by atoms with van der Waals surface area (Å²) in [6, 6.07) is -0.213. The van der Waals surface area contributed by atoms with E-state index in [0.29, 0.717) is 9.47 Å². The highest BCUT2D eigenvalue weighted by Crippen LogP contribution is 2.28. The van der Waals surface area contributed by atoms with Gasteiger partial charge in [0.25, 0.3) is 0 Å². The van der Waals surface area contributed by atoms with Crippen LogP contribution in [0.4, 0.5) is 9.93 Å². The van der Waals surface area contributed by atoms with Crippen molar-refractivity contribution in [3.8, 4) is 0 Å². The van der Waals surface area contributed by atoms with Crippen molar-refractivity contribution in [1.82, 2.24) is 20.8 Å². The normalized spacial score (nSPS) is 16.5. The van der Waals surface area contributed by atoms with Crippen molar-refractivity contribution in [2.75, 3.05) is 12.4 Å². The maximum atomic E-state index is 12.0. The molecule has 0 aliphatic heterocycles. The molecule has 21 heavy (non-hydrogen) atoms. The summed E-state index contributed by atoms with van der Waals surface area (Å²) in [6.45, 7) is 1.74. The van der Waals surface area contributed by atoms with Gasteiger partial charge in [0.2, 0.25) is 11.0 Å². The van der Waals surface area contributed by atoms with E-state index >= 15 is 0 Å². The molecule has 3 amide bonds. The van der Waals surface area contributed by atoms with E-state index in [9.17, 15) is 9.59 Å². The Balaban J connectivity index is 1.77. The molecule has 9 heteroatoms. The van der Waals surface area contributed by atoms with E-state index in [1.807, 2.05) is 0 Å². The molecule has 0 radical (unpaired) electrons. The van der Waals surface area contributed by atoms with Crippen LogP contribution in [0.5, 0.6) is 0 Å². The van der Waals surface area contributed by atoms with Gasteiger partial charge in [-0.15, -0.1) is 10.2 Å². The van der Waals surface area contributed by atoms with Crippen LogP contribution in [0.15, 0.2) is 4.34 Å². The van der Waals surface area contributed by atoms with Crippen LogP contribution in [0.2, 0.25) is 0 Å². The maximum absolute atomic E-state index is 12.0. The zero-order valence-electron chi connectivity index (χ0n) is 12.0. The standard InChI is InChI=1S/C12H19N5O2S2/c1-7(20-12-17-16-11(13-2)21-12)9(18)15-10(19)14-8-5-3-4-6-8/h7-8H,3-6H2,1-2H3,(H,13,16)(H2,14,15,18,19)/t7-/m1/s1. The first-order chi connectivity index (χ1) is 10.1. The number of rotatable bonds is 5. The third-order valence-electron chi connectivity index (χ3n) is 3.19. The number of urea groups is 1. The van der Waals surface area contributed by atoms with Crippen LogP contribution in [-0.4, -0.2) is 40.5 Å². The monoisotopic (exact) mass is 329 g/mol. The van der Waals surface area contributed by atoms with Gasteiger partial charge >= 0.3 is 6.03 Å². The number of anilines is 1. The number of imide groups is 1. The highest BCUT2D eigenvalue weighted by molar-refractivity contribution is 8.02. The predicted molar refractivity (Wildman–Crippen MR) is 83.7 cm³/mol. The van der Waals surface area contributed by atoms with E-state index in [-0.39, 0.29) is 11.9 Å². The van der Waals surface area contributed by atoms with Crippen molar-refractivity contribution in [1.29, 1.82) is 0 Å². The van der Waals surface area contributed by atoms with Crippen molar-refractivity contribution in [3.63, 3.8) is 0 Å². The van der Waals surface area contributed by atoms with Gasteiger partial charge in [0, 0.05) is 13.1 Å². The molecule has 1 aromatic heterocycles. The Bertz CT molecular complexity index is 502. The highest BCUT2D eigenvalue weighted by Gasteiger charge is 2.22. The second-order valence-corrected chi connectivity index (χ2v) is 7.39. The minimum Gasteiger partial charge on any atom is -0.363 e. The lowest BCUT2D eigenvalue weighted by molar-refractivity contribution is -0.119. The summed E-state index contributed by atoms with van der Waals surface area (Å²) in [5.41, 5.74) is 0. The average molecular weight is 329 g/mol. The number of hydrogen-bond donors (Lipinski definition) is 3. The smallest absolute Gasteiger partial charge is 0.321 e. The highest BCUT2D eigenvalue weighted by atomic mass is 32.2. The molecule has 1 fully saturated rings. The molecule has 1 aliphatic carbocycles. The second-order valence-electron chi connectivity index (χ2n) is 4.83. The molecule has 116 valence electrons. The van der Waals surface area contributed by atoms with E-state index in [0.717, 1.165) is 25.7 Å². The molecule has 2 rings (SSSR count). The summed E-state index contributed by atoms with van der Waals surface area (Å²) in [5, 5.41) is 16.2. The summed E-state index contributed by atoms with van der Waals surface area (Å²) in [7, 11) is 1.76. The molecular weight excluding hydrogens is 310 g/mol. The van der Waals surface area contributed by atoms with Crippen molar-refractivity contribution < 1.29 is 9.59 Å². The summed E-state index contributed by atoms with van der Waals surface area (Å²) < 4.78 is 0.693. The molecule has 0 saturated heterocycles. The number of nitrogens with zero attached hydrogens (tertiary/aromatic N) is 2. The minimum absolute atomic E-state index is 0.196. The molecule has 1 aromatic rings. The fraction of sp³-hybridized carbons (Fsp3) is 0.667. The SMILES string of the molecule is CNc1nnc(S[C@H](C)C(=O)NC(=O)NC2CCCC2)s1. The number of carbonyl (C=O) groups excluding carboxylic acids is 2. The van der Waals surface area contributed by atoms with Crippen LogP contribution in [0, 0.1) is 0 Å². The third-order valence-corrected chi connectivity index (χ3v) is 5.32. The van der Waals surface area contributed by atoms with Gasteiger partial charge < -0.3 is 10.6 Å². The van der Waals surface area contributed by atoms with Crippen molar-refractivity contribution in [2.24, 2.45) is 0 Å². The molecule has 0 bridgehead atoms. The fourth-order valence-electron chi connectivity index (χ4n) is 2.07. The van der Waals surface area contributed by atoms with Crippen LogP contribution in [0.3, 0.4) is 0 Å². The Kier molecular flexibility index (Phi) is 5.80.